The van der Waals surface area contributed by atoms with Crippen LogP contribution in [0.1, 0.15) is 36.8 Å². The van der Waals surface area contributed by atoms with E-state index in [1.54, 1.807) is 0 Å². The lowest BCUT2D eigenvalue weighted by molar-refractivity contribution is 0.243. The maximum atomic E-state index is 12.3. The van der Waals surface area contributed by atoms with E-state index in [0.29, 0.717) is 6.04 Å². The molecule has 1 aliphatic carbocycles. The molecule has 19 heavy (non-hydrogen) atoms. The molecule has 0 spiro atoms. The average Bonchev–Trinajstić information content (AvgIpc) is 2.99. The Morgan fingerprint density at radius 2 is 2.11 bits per heavy atom. The molecule has 1 aromatic rings. The lowest BCUT2D eigenvalue weighted by Crippen LogP contribution is -2.43. The molecule has 1 saturated carbocycles. The summed E-state index contributed by atoms with van der Waals surface area (Å²) >= 11 is 0. The molecular formula is C15H21N3O. The van der Waals surface area contributed by atoms with Crippen LogP contribution < -0.4 is 16.0 Å². The number of nitrogens with two attached hydrogens (primary N) is 1. The SMILES string of the molecule is Cc1cc2c(cc1N)N(C(=O)NC1CCCC1)CC2. The number of benzene rings is 1. The highest BCUT2D eigenvalue weighted by atomic mass is 16.2. The van der Waals surface area contributed by atoms with Gasteiger partial charge < -0.3 is 11.1 Å². The highest BCUT2D eigenvalue weighted by Crippen LogP contribution is 2.32. The molecule has 0 atom stereocenters. The van der Waals surface area contributed by atoms with Crippen LogP contribution in [0.25, 0.3) is 0 Å². The molecule has 3 N–H and O–H groups in total. The number of nitrogens with zero attached hydrogens (tertiary/aromatic N) is 1. The van der Waals surface area contributed by atoms with Crippen molar-refractivity contribution < 1.29 is 4.79 Å². The number of nitrogens with one attached hydrogen (secondary N) is 1. The zero-order valence-corrected chi connectivity index (χ0v) is 11.4. The number of hydrogen-bond acceptors (Lipinski definition) is 2. The number of fused-ring (bicyclic) bond motifs is 1. The summed E-state index contributed by atoms with van der Waals surface area (Å²) in [5.74, 6) is 0. The molecule has 1 fully saturated rings. The minimum atomic E-state index is 0.0360. The fraction of sp³-hybridized carbons (Fsp3) is 0.533. The van der Waals surface area contributed by atoms with Gasteiger partial charge in [-0.25, -0.2) is 4.79 Å². The van der Waals surface area contributed by atoms with Gasteiger partial charge in [-0.1, -0.05) is 18.9 Å². The van der Waals surface area contributed by atoms with Gasteiger partial charge in [-0.05, 0) is 43.4 Å². The summed E-state index contributed by atoms with van der Waals surface area (Å²) in [6, 6.07) is 4.44. The molecule has 2 aliphatic rings. The first-order valence-corrected chi connectivity index (χ1v) is 7.12. The first-order valence-electron chi connectivity index (χ1n) is 7.12. The van der Waals surface area contributed by atoms with Gasteiger partial charge in [0, 0.05) is 18.3 Å². The van der Waals surface area contributed by atoms with Gasteiger partial charge in [0.1, 0.15) is 0 Å². The van der Waals surface area contributed by atoms with Gasteiger partial charge in [0.15, 0.2) is 0 Å². The zero-order chi connectivity index (χ0) is 13.4. The summed E-state index contributed by atoms with van der Waals surface area (Å²) in [5.41, 5.74) is 10.0. The number of urea groups is 1. The van der Waals surface area contributed by atoms with Crippen molar-refractivity contribution in [3.63, 3.8) is 0 Å². The number of carbonyl (C=O) groups is 1. The van der Waals surface area contributed by atoms with Gasteiger partial charge in [0.25, 0.3) is 0 Å². The highest BCUT2D eigenvalue weighted by molar-refractivity contribution is 5.95. The van der Waals surface area contributed by atoms with Gasteiger partial charge in [-0.2, -0.15) is 0 Å². The van der Waals surface area contributed by atoms with E-state index in [1.807, 2.05) is 17.9 Å². The zero-order valence-electron chi connectivity index (χ0n) is 11.4. The quantitative estimate of drug-likeness (QED) is 0.762. The third-order valence-corrected chi connectivity index (χ3v) is 4.29. The van der Waals surface area contributed by atoms with E-state index in [1.165, 1.54) is 18.4 Å². The van der Waals surface area contributed by atoms with Gasteiger partial charge in [-0.3, -0.25) is 4.90 Å². The van der Waals surface area contributed by atoms with Gasteiger partial charge >= 0.3 is 6.03 Å². The Kier molecular flexibility index (Phi) is 3.09. The number of nitrogen functional groups attached to an aromatic ring is 1. The van der Waals surface area contributed by atoms with Crippen molar-refractivity contribution >= 4 is 17.4 Å². The van der Waals surface area contributed by atoms with Crippen LogP contribution in [-0.2, 0) is 6.42 Å². The molecule has 1 aromatic carbocycles. The van der Waals surface area contributed by atoms with Crippen LogP contribution in [0, 0.1) is 6.92 Å². The van der Waals surface area contributed by atoms with Crippen molar-refractivity contribution in [3.8, 4) is 0 Å². The van der Waals surface area contributed by atoms with Crippen molar-refractivity contribution in [1.82, 2.24) is 5.32 Å². The highest BCUT2D eigenvalue weighted by Gasteiger charge is 2.27. The maximum absolute atomic E-state index is 12.3. The van der Waals surface area contributed by atoms with E-state index in [9.17, 15) is 4.79 Å². The maximum Gasteiger partial charge on any atom is 0.322 e. The normalized spacial score (nSPS) is 18.7. The smallest absolute Gasteiger partial charge is 0.322 e. The van der Waals surface area contributed by atoms with Gasteiger partial charge in [-0.15, -0.1) is 0 Å². The van der Waals surface area contributed by atoms with E-state index in [0.717, 1.165) is 42.7 Å². The third kappa shape index (κ3) is 2.27. The van der Waals surface area contributed by atoms with Crippen molar-refractivity contribution in [2.45, 2.75) is 45.1 Å². The van der Waals surface area contributed by atoms with E-state index >= 15 is 0 Å². The number of amides is 2. The Morgan fingerprint density at radius 1 is 1.37 bits per heavy atom. The largest absolute Gasteiger partial charge is 0.398 e. The number of rotatable bonds is 1. The third-order valence-electron chi connectivity index (χ3n) is 4.29. The average molecular weight is 259 g/mol. The van der Waals surface area contributed by atoms with Crippen LogP contribution in [0.15, 0.2) is 12.1 Å². The van der Waals surface area contributed by atoms with Crippen molar-refractivity contribution in [2.75, 3.05) is 17.2 Å². The van der Waals surface area contributed by atoms with E-state index < -0.39 is 0 Å². The van der Waals surface area contributed by atoms with E-state index in [2.05, 4.69) is 11.4 Å². The summed E-state index contributed by atoms with van der Waals surface area (Å²) in [6.45, 7) is 2.77. The Morgan fingerprint density at radius 3 is 2.84 bits per heavy atom. The Balaban J connectivity index is 1.77. The van der Waals surface area contributed by atoms with Crippen LogP contribution in [0.5, 0.6) is 0 Å². The van der Waals surface area contributed by atoms with E-state index in [-0.39, 0.29) is 6.03 Å². The van der Waals surface area contributed by atoms with Crippen molar-refractivity contribution in [3.05, 3.63) is 23.3 Å². The predicted octanol–water partition coefficient (Wildman–Crippen LogP) is 2.59. The summed E-state index contributed by atoms with van der Waals surface area (Å²) < 4.78 is 0. The second-order valence-electron chi connectivity index (χ2n) is 5.67. The second kappa shape index (κ2) is 4.76. The molecule has 0 unspecified atom stereocenters. The van der Waals surface area contributed by atoms with Gasteiger partial charge in [0.05, 0.1) is 5.69 Å². The Labute approximate surface area is 114 Å². The fourth-order valence-corrected chi connectivity index (χ4v) is 3.11. The monoisotopic (exact) mass is 259 g/mol. The molecule has 0 aromatic heterocycles. The van der Waals surface area contributed by atoms with Crippen LogP contribution in [-0.4, -0.2) is 18.6 Å². The molecule has 0 saturated heterocycles. The lowest BCUT2D eigenvalue weighted by Gasteiger charge is -2.21. The summed E-state index contributed by atoms with van der Waals surface area (Å²) in [7, 11) is 0. The Hall–Kier alpha value is -1.71. The van der Waals surface area contributed by atoms with E-state index in [4.69, 9.17) is 5.73 Å². The Bertz CT molecular complexity index is 506. The van der Waals surface area contributed by atoms with Crippen LogP contribution in [0.2, 0.25) is 0 Å². The number of hydrogen-bond donors (Lipinski definition) is 2. The summed E-state index contributed by atoms with van der Waals surface area (Å²) in [5, 5.41) is 3.14. The molecule has 102 valence electrons. The molecular weight excluding hydrogens is 238 g/mol. The molecule has 1 aliphatic heterocycles. The van der Waals surface area contributed by atoms with Crippen LogP contribution >= 0.6 is 0 Å². The first-order chi connectivity index (χ1) is 9.15. The fourth-order valence-electron chi connectivity index (χ4n) is 3.11. The van der Waals surface area contributed by atoms with Crippen LogP contribution in [0.3, 0.4) is 0 Å². The van der Waals surface area contributed by atoms with Gasteiger partial charge in [0.2, 0.25) is 0 Å². The molecule has 0 bridgehead atoms. The first kappa shape index (κ1) is 12.3. The number of aryl methyl sites for hydroxylation is 1. The second-order valence-corrected chi connectivity index (χ2v) is 5.67. The lowest BCUT2D eigenvalue weighted by atomic mass is 10.1. The van der Waals surface area contributed by atoms with Crippen molar-refractivity contribution in [1.29, 1.82) is 0 Å². The summed E-state index contributed by atoms with van der Waals surface area (Å²) in [6.07, 6.45) is 5.61. The predicted molar refractivity (Wildman–Crippen MR) is 77.4 cm³/mol. The minimum Gasteiger partial charge on any atom is -0.398 e. The minimum absolute atomic E-state index is 0.0360. The topological polar surface area (TPSA) is 58.4 Å². The van der Waals surface area contributed by atoms with Crippen LogP contribution in [0.4, 0.5) is 16.2 Å². The number of anilines is 2. The van der Waals surface area contributed by atoms with Crippen molar-refractivity contribution in [2.24, 2.45) is 0 Å². The standard InChI is InChI=1S/C15H21N3O/c1-10-8-11-6-7-18(14(11)9-13(10)16)15(19)17-12-4-2-3-5-12/h8-9,12H,2-7,16H2,1H3,(H,17,19). The molecule has 2 amide bonds. The number of carbonyl (C=O) groups excluding carboxylic acids is 1. The molecule has 4 nitrogen and oxygen atoms in total. The molecule has 1 heterocycles. The molecule has 3 rings (SSSR count). The summed E-state index contributed by atoms with van der Waals surface area (Å²) in [4.78, 5) is 14.2. The molecule has 4 heteroatoms. The molecule has 0 radical (unpaired) electrons.